The van der Waals surface area contributed by atoms with Crippen LogP contribution >= 0.6 is 0 Å². The molecule has 5 heteroatoms. The molecule has 27 heavy (non-hydrogen) atoms. The molecule has 1 aromatic carbocycles. The van der Waals surface area contributed by atoms with Crippen molar-refractivity contribution >= 4 is 11.6 Å². The summed E-state index contributed by atoms with van der Waals surface area (Å²) in [7, 11) is 0. The lowest BCUT2D eigenvalue weighted by molar-refractivity contribution is -0.132. The van der Waals surface area contributed by atoms with Crippen molar-refractivity contribution in [2.24, 2.45) is 5.73 Å². The standard InChI is InChI=1S/C22H26N4O/c23-13-6-10-21(27)25-15-11-22(12-16-25,18-7-2-1-3-8-18)19-17-26-14-5-4-9-20(26)24-19/h1-5,7-9,14,17H,6,10-13,15-16,23H2. The van der Waals surface area contributed by atoms with Crippen molar-refractivity contribution in [3.05, 3.63) is 72.2 Å². The number of likely N-dealkylation sites (tertiary alicyclic amines) is 1. The Kier molecular flexibility index (Phi) is 4.94. The number of piperidine rings is 1. The van der Waals surface area contributed by atoms with E-state index in [1.54, 1.807) is 0 Å². The van der Waals surface area contributed by atoms with Crippen LogP contribution in [0.25, 0.3) is 5.65 Å². The number of amides is 1. The summed E-state index contributed by atoms with van der Waals surface area (Å²) in [4.78, 5) is 19.4. The summed E-state index contributed by atoms with van der Waals surface area (Å²) in [6, 6.07) is 16.7. The number of fused-ring (bicyclic) bond motifs is 1. The molecule has 2 N–H and O–H groups in total. The molecule has 3 heterocycles. The van der Waals surface area contributed by atoms with Gasteiger partial charge in [-0.15, -0.1) is 0 Å². The van der Waals surface area contributed by atoms with Crippen molar-refractivity contribution in [2.45, 2.75) is 31.1 Å². The second kappa shape index (κ2) is 7.53. The second-order valence-corrected chi connectivity index (χ2v) is 7.31. The molecule has 1 aliphatic heterocycles. The number of hydrogen-bond acceptors (Lipinski definition) is 3. The first-order valence-electron chi connectivity index (χ1n) is 9.70. The average molecular weight is 362 g/mol. The van der Waals surface area contributed by atoms with Gasteiger partial charge in [0.05, 0.1) is 5.69 Å². The maximum absolute atomic E-state index is 12.4. The molecule has 0 saturated carbocycles. The molecule has 0 spiro atoms. The van der Waals surface area contributed by atoms with Gasteiger partial charge in [-0.2, -0.15) is 0 Å². The first-order valence-corrected chi connectivity index (χ1v) is 9.70. The Morgan fingerprint density at radius 3 is 2.52 bits per heavy atom. The fraction of sp³-hybridized carbons (Fsp3) is 0.364. The minimum Gasteiger partial charge on any atom is -0.343 e. The average Bonchev–Trinajstić information content (AvgIpc) is 3.17. The van der Waals surface area contributed by atoms with E-state index in [4.69, 9.17) is 10.7 Å². The SMILES string of the molecule is NCCCC(=O)N1CCC(c2ccccc2)(c2cn3ccccc3n2)CC1. The van der Waals surface area contributed by atoms with Crippen LogP contribution in [0.5, 0.6) is 0 Å². The number of nitrogens with two attached hydrogens (primary N) is 1. The molecular formula is C22H26N4O. The lowest BCUT2D eigenvalue weighted by Gasteiger charge is -2.41. The lowest BCUT2D eigenvalue weighted by Crippen LogP contribution is -2.46. The number of benzene rings is 1. The van der Waals surface area contributed by atoms with Gasteiger partial charge in [0.1, 0.15) is 5.65 Å². The van der Waals surface area contributed by atoms with Crippen LogP contribution in [0.2, 0.25) is 0 Å². The van der Waals surface area contributed by atoms with E-state index in [1.165, 1.54) is 5.56 Å². The highest BCUT2D eigenvalue weighted by atomic mass is 16.2. The molecule has 1 saturated heterocycles. The fourth-order valence-electron chi connectivity index (χ4n) is 4.16. The van der Waals surface area contributed by atoms with Crippen LogP contribution in [0, 0.1) is 0 Å². The van der Waals surface area contributed by atoms with Crippen molar-refractivity contribution in [3.63, 3.8) is 0 Å². The summed E-state index contributed by atoms with van der Waals surface area (Å²) in [6.45, 7) is 2.08. The third kappa shape index (κ3) is 3.35. The van der Waals surface area contributed by atoms with Crippen LogP contribution in [0.1, 0.15) is 36.9 Å². The molecule has 0 radical (unpaired) electrons. The fourth-order valence-corrected chi connectivity index (χ4v) is 4.16. The van der Waals surface area contributed by atoms with Crippen LogP contribution in [0.15, 0.2) is 60.9 Å². The molecule has 0 bridgehead atoms. The highest BCUT2D eigenvalue weighted by molar-refractivity contribution is 5.76. The van der Waals surface area contributed by atoms with E-state index in [2.05, 4.69) is 34.9 Å². The largest absolute Gasteiger partial charge is 0.343 e. The van der Waals surface area contributed by atoms with Gasteiger partial charge in [0.2, 0.25) is 5.91 Å². The third-order valence-corrected chi connectivity index (χ3v) is 5.75. The van der Waals surface area contributed by atoms with Crippen molar-refractivity contribution in [1.82, 2.24) is 14.3 Å². The number of imidazole rings is 1. The first-order chi connectivity index (χ1) is 13.2. The van der Waals surface area contributed by atoms with Gasteiger partial charge in [0, 0.05) is 37.3 Å². The van der Waals surface area contributed by atoms with Gasteiger partial charge in [0.15, 0.2) is 0 Å². The Balaban J connectivity index is 1.66. The van der Waals surface area contributed by atoms with Crippen LogP contribution in [0.4, 0.5) is 0 Å². The normalized spacial score (nSPS) is 16.6. The summed E-state index contributed by atoms with van der Waals surface area (Å²) in [6.07, 6.45) is 7.25. The number of carbonyl (C=O) groups excluding carboxylic acids is 1. The third-order valence-electron chi connectivity index (χ3n) is 5.75. The molecule has 5 nitrogen and oxygen atoms in total. The Morgan fingerprint density at radius 1 is 1.07 bits per heavy atom. The van der Waals surface area contributed by atoms with Crippen molar-refractivity contribution in [1.29, 1.82) is 0 Å². The van der Waals surface area contributed by atoms with E-state index in [9.17, 15) is 4.79 Å². The smallest absolute Gasteiger partial charge is 0.222 e. The van der Waals surface area contributed by atoms with Crippen LogP contribution in [0.3, 0.4) is 0 Å². The quantitative estimate of drug-likeness (QED) is 0.759. The highest BCUT2D eigenvalue weighted by Crippen LogP contribution is 2.41. The molecule has 4 rings (SSSR count). The summed E-state index contributed by atoms with van der Waals surface area (Å²) in [5.74, 6) is 0.220. The van der Waals surface area contributed by atoms with Crippen molar-refractivity contribution < 1.29 is 4.79 Å². The number of nitrogens with zero attached hydrogens (tertiary/aromatic N) is 3. The van der Waals surface area contributed by atoms with E-state index in [0.717, 1.165) is 43.7 Å². The van der Waals surface area contributed by atoms with Crippen LogP contribution in [-0.2, 0) is 10.2 Å². The monoisotopic (exact) mass is 362 g/mol. The van der Waals surface area contributed by atoms with Crippen LogP contribution < -0.4 is 5.73 Å². The summed E-state index contributed by atoms with van der Waals surface area (Å²) in [5, 5.41) is 0. The van der Waals surface area contributed by atoms with E-state index < -0.39 is 0 Å². The van der Waals surface area contributed by atoms with Gasteiger partial charge in [-0.25, -0.2) is 4.98 Å². The Morgan fingerprint density at radius 2 is 1.81 bits per heavy atom. The zero-order valence-electron chi connectivity index (χ0n) is 15.6. The van der Waals surface area contributed by atoms with E-state index in [1.807, 2.05) is 35.4 Å². The van der Waals surface area contributed by atoms with Gasteiger partial charge >= 0.3 is 0 Å². The molecule has 1 amide bonds. The number of rotatable bonds is 5. The van der Waals surface area contributed by atoms with Crippen LogP contribution in [-0.4, -0.2) is 39.8 Å². The molecule has 3 aromatic rings. The maximum Gasteiger partial charge on any atom is 0.222 e. The molecule has 0 unspecified atom stereocenters. The van der Waals surface area contributed by atoms with Gasteiger partial charge in [-0.1, -0.05) is 36.4 Å². The van der Waals surface area contributed by atoms with Gasteiger partial charge < -0.3 is 15.0 Å². The van der Waals surface area contributed by atoms with E-state index in [0.29, 0.717) is 13.0 Å². The zero-order chi connectivity index (χ0) is 18.7. The lowest BCUT2D eigenvalue weighted by atomic mass is 9.70. The molecule has 0 aliphatic carbocycles. The number of aromatic nitrogens is 2. The minimum absolute atomic E-state index is 0.155. The number of carbonyl (C=O) groups is 1. The topological polar surface area (TPSA) is 63.6 Å². The van der Waals surface area contributed by atoms with E-state index >= 15 is 0 Å². The molecule has 2 aromatic heterocycles. The summed E-state index contributed by atoms with van der Waals surface area (Å²) >= 11 is 0. The van der Waals surface area contributed by atoms with Gasteiger partial charge in [0.25, 0.3) is 0 Å². The predicted octanol–water partition coefficient (Wildman–Crippen LogP) is 2.98. The molecule has 0 atom stereocenters. The number of hydrogen-bond donors (Lipinski definition) is 1. The van der Waals surface area contributed by atoms with Gasteiger partial charge in [-0.3, -0.25) is 4.79 Å². The summed E-state index contributed by atoms with van der Waals surface area (Å²) < 4.78 is 2.08. The molecule has 1 aliphatic rings. The van der Waals surface area contributed by atoms with Crippen molar-refractivity contribution in [2.75, 3.05) is 19.6 Å². The first kappa shape index (κ1) is 17.7. The zero-order valence-corrected chi connectivity index (χ0v) is 15.6. The number of pyridine rings is 1. The highest BCUT2D eigenvalue weighted by Gasteiger charge is 2.40. The maximum atomic E-state index is 12.4. The minimum atomic E-state index is -0.155. The Hall–Kier alpha value is -2.66. The Labute approximate surface area is 159 Å². The Bertz CT molecular complexity index is 877. The second-order valence-electron chi connectivity index (χ2n) is 7.31. The molecular weight excluding hydrogens is 336 g/mol. The molecule has 140 valence electrons. The van der Waals surface area contributed by atoms with Crippen molar-refractivity contribution in [3.8, 4) is 0 Å². The summed E-state index contributed by atoms with van der Waals surface area (Å²) in [5.41, 5.74) is 8.74. The van der Waals surface area contributed by atoms with Gasteiger partial charge in [-0.05, 0) is 43.5 Å². The molecule has 1 fully saturated rings. The van der Waals surface area contributed by atoms with E-state index in [-0.39, 0.29) is 11.3 Å². The predicted molar refractivity (Wildman–Crippen MR) is 107 cm³/mol.